The van der Waals surface area contributed by atoms with Crippen LogP contribution in [-0.2, 0) is 36.3 Å². The second-order valence-electron chi connectivity index (χ2n) is 13.0. The van der Waals surface area contributed by atoms with Crippen molar-refractivity contribution in [3.05, 3.63) is 75.3 Å². The number of nitrogens with one attached hydrogen (secondary N) is 2. The highest BCUT2D eigenvalue weighted by atomic mass is 16.6. The zero-order chi connectivity index (χ0) is 38.4. The SMILES string of the molecule is CCNC(=O)c1cc2c(-c3cc(C(C)(C)O)ccc3Oc3c(C)cc(OCCOCCOCCOCCOCCOCC)cc3C)cn(C)c(=O)c2[nH]1. The third-order valence-corrected chi connectivity index (χ3v) is 8.36. The Morgan fingerprint density at radius 3 is 1.92 bits per heavy atom. The quantitative estimate of drug-likeness (QED) is 0.0845. The number of ether oxygens (including phenoxy) is 7. The summed E-state index contributed by atoms with van der Waals surface area (Å²) in [6.07, 6.45) is 1.72. The maximum atomic E-state index is 13.2. The first-order valence-corrected chi connectivity index (χ1v) is 18.1. The number of aromatic amines is 1. The fourth-order valence-electron chi connectivity index (χ4n) is 5.64. The van der Waals surface area contributed by atoms with E-state index in [4.69, 9.17) is 33.2 Å². The Morgan fingerprint density at radius 1 is 0.811 bits per heavy atom. The van der Waals surface area contributed by atoms with Gasteiger partial charge in [-0.05, 0) is 88.6 Å². The number of aliphatic hydroxyl groups is 1. The van der Waals surface area contributed by atoms with Crippen LogP contribution in [0.1, 0.15) is 54.9 Å². The fraction of sp³-hybridized carbons (Fsp3) is 0.500. The van der Waals surface area contributed by atoms with Crippen molar-refractivity contribution in [1.29, 1.82) is 0 Å². The summed E-state index contributed by atoms with van der Waals surface area (Å²) in [5.41, 5.74) is 2.86. The van der Waals surface area contributed by atoms with Gasteiger partial charge >= 0.3 is 0 Å². The van der Waals surface area contributed by atoms with Crippen molar-refractivity contribution in [2.24, 2.45) is 7.05 Å². The average molecular weight is 738 g/mol. The molecule has 0 radical (unpaired) electrons. The second kappa shape index (κ2) is 20.3. The molecule has 0 unspecified atom stereocenters. The monoisotopic (exact) mass is 737 g/mol. The molecule has 0 spiro atoms. The van der Waals surface area contributed by atoms with Crippen molar-refractivity contribution in [1.82, 2.24) is 14.9 Å². The van der Waals surface area contributed by atoms with Crippen LogP contribution < -0.4 is 20.3 Å². The van der Waals surface area contributed by atoms with E-state index in [-0.39, 0.29) is 17.2 Å². The van der Waals surface area contributed by atoms with Gasteiger partial charge in [-0.3, -0.25) is 9.59 Å². The summed E-state index contributed by atoms with van der Waals surface area (Å²) >= 11 is 0. The maximum Gasteiger partial charge on any atom is 0.274 e. The Kier molecular flexibility index (Phi) is 15.9. The molecule has 53 heavy (non-hydrogen) atoms. The number of benzene rings is 2. The first kappa shape index (κ1) is 41.5. The maximum absolute atomic E-state index is 13.2. The Labute approximate surface area is 311 Å². The minimum atomic E-state index is -1.15. The number of nitrogens with zero attached hydrogens (tertiary/aromatic N) is 1. The Morgan fingerprint density at radius 2 is 1.38 bits per heavy atom. The number of hydrogen-bond donors (Lipinski definition) is 3. The van der Waals surface area contributed by atoms with Gasteiger partial charge in [-0.2, -0.15) is 0 Å². The van der Waals surface area contributed by atoms with Gasteiger partial charge in [0.05, 0.1) is 65.1 Å². The second-order valence-corrected chi connectivity index (χ2v) is 13.0. The lowest BCUT2D eigenvalue weighted by atomic mass is 9.93. The molecule has 2 aromatic carbocycles. The van der Waals surface area contributed by atoms with Crippen LogP contribution >= 0.6 is 0 Å². The molecular formula is C40H55N3O10. The van der Waals surface area contributed by atoms with Gasteiger partial charge < -0.3 is 53.1 Å². The van der Waals surface area contributed by atoms with Crippen molar-refractivity contribution in [2.45, 2.75) is 47.1 Å². The predicted octanol–water partition coefficient (Wildman–Crippen LogP) is 5.40. The molecule has 0 atom stereocenters. The summed E-state index contributed by atoms with van der Waals surface area (Å²) in [5, 5.41) is 14.3. The van der Waals surface area contributed by atoms with Gasteiger partial charge in [0.2, 0.25) is 0 Å². The summed E-state index contributed by atoms with van der Waals surface area (Å²) in [6, 6.07) is 11.0. The predicted molar refractivity (Wildman–Crippen MR) is 203 cm³/mol. The number of aryl methyl sites for hydroxylation is 3. The number of pyridine rings is 1. The van der Waals surface area contributed by atoms with Crippen LogP contribution in [0, 0.1) is 13.8 Å². The summed E-state index contributed by atoms with van der Waals surface area (Å²) in [6.45, 7) is 17.1. The molecule has 0 saturated heterocycles. The van der Waals surface area contributed by atoms with Crippen LogP contribution in [0.3, 0.4) is 0 Å². The number of carbonyl (C=O) groups is 1. The topological polar surface area (TPSA) is 152 Å². The highest BCUT2D eigenvalue weighted by molar-refractivity contribution is 6.03. The van der Waals surface area contributed by atoms with E-state index in [1.807, 2.05) is 58.0 Å². The van der Waals surface area contributed by atoms with Crippen LogP contribution in [0.5, 0.6) is 17.2 Å². The first-order chi connectivity index (χ1) is 25.4. The standard InChI is InChI=1S/C40H55N3O10/c1-8-41-38(44)34-25-32-33(26-43(7)39(45)36(32)42-34)31-24-29(40(5,6)46)10-11-35(31)53-37-27(3)22-30(23-28(37)4)52-21-20-51-19-18-50-17-16-49-15-14-48-13-12-47-9-2/h10-11,22-26,42,46H,8-9,12-21H2,1-7H3,(H,41,44). The molecule has 2 aromatic heterocycles. The number of rotatable bonds is 23. The zero-order valence-electron chi connectivity index (χ0n) is 32.1. The molecule has 0 aliphatic rings. The van der Waals surface area contributed by atoms with Gasteiger partial charge in [-0.25, -0.2) is 0 Å². The summed E-state index contributed by atoms with van der Waals surface area (Å²) in [7, 11) is 1.66. The smallest absolute Gasteiger partial charge is 0.274 e. The van der Waals surface area contributed by atoms with E-state index < -0.39 is 5.60 Å². The molecule has 0 fully saturated rings. The normalized spacial score (nSPS) is 11.7. The molecule has 290 valence electrons. The first-order valence-electron chi connectivity index (χ1n) is 18.1. The summed E-state index contributed by atoms with van der Waals surface area (Å²) in [5.74, 6) is 1.55. The highest BCUT2D eigenvalue weighted by Crippen LogP contribution is 2.41. The van der Waals surface area contributed by atoms with Crippen LogP contribution in [0.25, 0.3) is 22.0 Å². The number of aromatic nitrogens is 2. The van der Waals surface area contributed by atoms with Crippen molar-refractivity contribution in [3.8, 4) is 28.4 Å². The number of hydrogen-bond acceptors (Lipinski definition) is 10. The van der Waals surface area contributed by atoms with Crippen LogP contribution in [0.4, 0.5) is 0 Å². The molecule has 3 N–H and O–H groups in total. The lowest BCUT2D eigenvalue weighted by molar-refractivity contribution is -0.0119. The fourth-order valence-corrected chi connectivity index (χ4v) is 5.64. The van der Waals surface area contributed by atoms with Crippen LogP contribution in [-0.4, -0.2) is 99.8 Å². The highest BCUT2D eigenvalue weighted by Gasteiger charge is 2.23. The van der Waals surface area contributed by atoms with Gasteiger partial charge in [-0.15, -0.1) is 0 Å². The molecule has 4 aromatic rings. The van der Waals surface area contributed by atoms with E-state index >= 15 is 0 Å². The lowest BCUT2D eigenvalue weighted by Crippen LogP contribution is -2.23. The zero-order valence-corrected chi connectivity index (χ0v) is 32.1. The Hall–Kier alpha value is -4.24. The number of fused-ring (bicyclic) bond motifs is 1. The van der Waals surface area contributed by atoms with Crippen LogP contribution in [0.15, 0.2) is 47.4 Å². The lowest BCUT2D eigenvalue weighted by Gasteiger charge is -2.22. The van der Waals surface area contributed by atoms with Crippen molar-refractivity contribution >= 4 is 16.8 Å². The largest absolute Gasteiger partial charge is 0.491 e. The minimum absolute atomic E-state index is 0.269. The van der Waals surface area contributed by atoms with E-state index in [1.165, 1.54) is 4.57 Å². The molecular weight excluding hydrogens is 682 g/mol. The molecule has 13 nitrogen and oxygen atoms in total. The van der Waals surface area contributed by atoms with Crippen molar-refractivity contribution in [3.63, 3.8) is 0 Å². The van der Waals surface area contributed by atoms with E-state index in [0.29, 0.717) is 124 Å². The van der Waals surface area contributed by atoms with Crippen LogP contribution in [0.2, 0.25) is 0 Å². The van der Waals surface area contributed by atoms with Gasteiger partial charge in [0, 0.05) is 42.9 Å². The molecule has 2 heterocycles. The van der Waals surface area contributed by atoms with Crippen molar-refractivity contribution in [2.75, 3.05) is 79.2 Å². The van der Waals surface area contributed by atoms with E-state index in [0.717, 1.165) is 11.1 Å². The minimum Gasteiger partial charge on any atom is -0.491 e. The molecule has 4 rings (SSSR count). The molecule has 0 bridgehead atoms. The number of amides is 1. The van der Waals surface area contributed by atoms with Gasteiger partial charge in [0.25, 0.3) is 11.5 Å². The molecule has 1 amide bonds. The van der Waals surface area contributed by atoms with E-state index in [1.54, 1.807) is 33.2 Å². The Balaban J connectivity index is 1.38. The van der Waals surface area contributed by atoms with E-state index in [9.17, 15) is 14.7 Å². The molecule has 0 saturated carbocycles. The molecule has 0 aliphatic heterocycles. The summed E-state index contributed by atoms with van der Waals surface area (Å²) in [4.78, 5) is 28.9. The molecule has 0 aliphatic carbocycles. The van der Waals surface area contributed by atoms with Gasteiger partial charge in [-0.1, -0.05) is 6.07 Å². The third kappa shape index (κ3) is 11.9. The average Bonchev–Trinajstić information content (AvgIpc) is 3.57. The van der Waals surface area contributed by atoms with Crippen molar-refractivity contribution < 1.29 is 43.1 Å². The number of carbonyl (C=O) groups excluding carboxylic acids is 1. The Bertz CT molecular complexity index is 1820. The third-order valence-electron chi connectivity index (χ3n) is 8.36. The summed E-state index contributed by atoms with van der Waals surface area (Å²) < 4.78 is 41.4. The number of H-pyrrole nitrogens is 1. The molecule has 13 heteroatoms. The van der Waals surface area contributed by atoms with E-state index in [2.05, 4.69) is 10.3 Å². The van der Waals surface area contributed by atoms with Gasteiger partial charge in [0.1, 0.15) is 35.1 Å². The van der Waals surface area contributed by atoms with Gasteiger partial charge in [0.15, 0.2) is 0 Å².